The van der Waals surface area contributed by atoms with E-state index in [2.05, 4.69) is 40.1 Å². The molecule has 1 heterocycles. The summed E-state index contributed by atoms with van der Waals surface area (Å²) in [5.74, 6) is -0.0342. The summed E-state index contributed by atoms with van der Waals surface area (Å²) in [5, 5.41) is 10.7. The van der Waals surface area contributed by atoms with E-state index in [0.717, 1.165) is 16.3 Å². The van der Waals surface area contributed by atoms with Crippen molar-refractivity contribution in [2.24, 2.45) is 5.10 Å². The maximum absolute atomic E-state index is 12.4. The lowest BCUT2D eigenvalue weighted by Gasteiger charge is -2.22. The quantitative estimate of drug-likeness (QED) is 0.715. The van der Waals surface area contributed by atoms with Gasteiger partial charge in [-0.1, -0.05) is 72.4 Å². The summed E-state index contributed by atoms with van der Waals surface area (Å²) in [4.78, 5) is 11.9. The molecule has 0 aromatic heterocycles. The summed E-state index contributed by atoms with van der Waals surface area (Å²) in [6, 6.07) is 24.0. The molecule has 1 amide bonds. The third kappa shape index (κ3) is 3.44. The van der Waals surface area contributed by atoms with Crippen LogP contribution in [0.5, 0.6) is 0 Å². The van der Waals surface area contributed by atoms with E-state index in [1.54, 1.807) is 11.8 Å². The second-order valence-electron chi connectivity index (χ2n) is 6.48. The molecule has 0 fully saturated rings. The molecule has 0 aliphatic carbocycles. The van der Waals surface area contributed by atoms with Crippen LogP contribution < -0.4 is 10.7 Å². The van der Waals surface area contributed by atoms with Crippen LogP contribution in [0.2, 0.25) is 0 Å². The second-order valence-corrected chi connectivity index (χ2v) is 7.97. The second kappa shape index (κ2) is 6.84. The lowest BCUT2D eigenvalue weighted by Crippen LogP contribution is -2.36. The summed E-state index contributed by atoms with van der Waals surface area (Å²) < 4.78 is 0. The number of nitrogens with zero attached hydrogens (tertiary/aromatic N) is 1. The number of hydrazone groups is 1. The van der Waals surface area contributed by atoms with Crippen LogP contribution in [0.4, 0.5) is 5.69 Å². The molecule has 0 saturated carbocycles. The Kier molecular flexibility index (Phi) is 4.39. The molecule has 130 valence electrons. The molecule has 1 aliphatic rings. The fraction of sp³-hybridized carbons (Fsp3) is 0.143. The molecule has 3 aromatic rings. The number of rotatable bonds is 4. The highest BCUT2D eigenvalue weighted by Gasteiger charge is 2.35. The monoisotopic (exact) mass is 361 g/mol. The molecule has 2 N–H and O–H groups in total. The first-order chi connectivity index (χ1) is 12.6. The Morgan fingerprint density at radius 2 is 1.77 bits per heavy atom. The van der Waals surface area contributed by atoms with Gasteiger partial charge < -0.3 is 5.32 Å². The van der Waals surface area contributed by atoms with Crippen molar-refractivity contribution in [1.29, 1.82) is 0 Å². The van der Waals surface area contributed by atoms with Gasteiger partial charge in [-0.3, -0.25) is 10.2 Å². The topological polar surface area (TPSA) is 53.5 Å². The van der Waals surface area contributed by atoms with Gasteiger partial charge in [0.05, 0.1) is 6.42 Å². The van der Waals surface area contributed by atoms with Crippen LogP contribution in [0, 0.1) is 0 Å². The van der Waals surface area contributed by atoms with Crippen molar-refractivity contribution in [2.75, 3.05) is 5.32 Å². The minimum absolute atomic E-state index is 0.0342. The van der Waals surface area contributed by atoms with Gasteiger partial charge in [0.25, 0.3) is 0 Å². The lowest BCUT2D eigenvalue weighted by molar-refractivity contribution is -0.116. The van der Waals surface area contributed by atoms with Crippen LogP contribution in [-0.4, -0.2) is 15.8 Å². The number of thioether (sulfide) groups is 1. The number of amides is 1. The molecule has 3 aromatic carbocycles. The summed E-state index contributed by atoms with van der Waals surface area (Å²) >= 11 is 1.60. The Hall–Kier alpha value is -2.79. The minimum Gasteiger partial charge on any atom is -0.326 e. The van der Waals surface area contributed by atoms with Gasteiger partial charge >= 0.3 is 0 Å². The highest BCUT2D eigenvalue weighted by Crippen LogP contribution is 2.36. The average molecular weight is 361 g/mol. The van der Waals surface area contributed by atoms with Crippen LogP contribution >= 0.6 is 11.8 Å². The molecule has 4 nitrogen and oxygen atoms in total. The highest BCUT2D eigenvalue weighted by molar-refractivity contribution is 8.15. The molecular weight excluding hydrogens is 342 g/mol. The van der Waals surface area contributed by atoms with E-state index < -0.39 is 4.87 Å². The summed E-state index contributed by atoms with van der Waals surface area (Å²) in [7, 11) is 0. The van der Waals surface area contributed by atoms with E-state index in [1.165, 1.54) is 10.8 Å². The standard InChI is InChI=1S/C21H19N3OS/c1-21(14-19(25)22-16-10-3-2-4-11-16)24-23-20(26-21)18-13-7-9-15-8-5-6-12-17(15)18/h2-13,24H,14H2,1H3,(H,22,25)/t21-/m1/s1. The molecule has 5 heteroatoms. The lowest BCUT2D eigenvalue weighted by atomic mass is 10.1. The molecule has 26 heavy (non-hydrogen) atoms. The van der Waals surface area contributed by atoms with Crippen LogP contribution in [0.25, 0.3) is 10.8 Å². The maximum Gasteiger partial charge on any atom is 0.227 e. The van der Waals surface area contributed by atoms with Crippen molar-refractivity contribution in [3.05, 3.63) is 78.4 Å². The van der Waals surface area contributed by atoms with Crippen molar-refractivity contribution in [3.63, 3.8) is 0 Å². The molecule has 4 rings (SSSR count). The van der Waals surface area contributed by atoms with Gasteiger partial charge in [-0.2, -0.15) is 5.10 Å². The van der Waals surface area contributed by atoms with Crippen molar-refractivity contribution in [2.45, 2.75) is 18.2 Å². The Labute approximate surface area is 156 Å². The van der Waals surface area contributed by atoms with Crippen LogP contribution in [0.15, 0.2) is 77.9 Å². The smallest absolute Gasteiger partial charge is 0.227 e. The number of benzene rings is 3. The fourth-order valence-corrected chi connectivity index (χ4v) is 4.16. The predicted molar refractivity (Wildman–Crippen MR) is 109 cm³/mol. The Balaban J connectivity index is 1.49. The van der Waals surface area contributed by atoms with Crippen molar-refractivity contribution in [3.8, 4) is 0 Å². The van der Waals surface area contributed by atoms with E-state index in [0.29, 0.717) is 6.42 Å². The van der Waals surface area contributed by atoms with Gasteiger partial charge in [-0.15, -0.1) is 0 Å². The predicted octanol–water partition coefficient (Wildman–Crippen LogP) is 4.58. The molecule has 0 unspecified atom stereocenters. The molecule has 0 radical (unpaired) electrons. The van der Waals surface area contributed by atoms with Gasteiger partial charge in [0.2, 0.25) is 5.91 Å². The summed E-state index contributed by atoms with van der Waals surface area (Å²) in [6.07, 6.45) is 0.324. The SMILES string of the molecule is C[C@@]1(CC(=O)Nc2ccccc2)NN=C(c2cccc3ccccc23)S1. The first-order valence-corrected chi connectivity index (χ1v) is 9.32. The molecule has 1 aliphatic heterocycles. The summed E-state index contributed by atoms with van der Waals surface area (Å²) in [6.45, 7) is 2.00. The Morgan fingerprint density at radius 1 is 1.04 bits per heavy atom. The normalized spacial score (nSPS) is 19.0. The van der Waals surface area contributed by atoms with Crippen molar-refractivity contribution >= 4 is 39.2 Å². The number of hydrogen-bond donors (Lipinski definition) is 2. The molecule has 0 saturated heterocycles. The van der Waals surface area contributed by atoms with Gasteiger partial charge in [0, 0.05) is 11.3 Å². The van der Waals surface area contributed by atoms with E-state index in [-0.39, 0.29) is 5.91 Å². The number of hydrogen-bond acceptors (Lipinski definition) is 4. The van der Waals surface area contributed by atoms with E-state index in [4.69, 9.17) is 0 Å². The molecular formula is C21H19N3OS. The van der Waals surface area contributed by atoms with E-state index in [1.807, 2.05) is 55.5 Å². The number of fused-ring (bicyclic) bond motifs is 1. The maximum atomic E-state index is 12.4. The summed E-state index contributed by atoms with van der Waals surface area (Å²) in [5.41, 5.74) is 5.05. The van der Waals surface area contributed by atoms with Gasteiger partial charge in [0.15, 0.2) is 0 Å². The molecule has 0 spiro atoms. The van der Waals surface area contributed by atoms with Crippen molar-refractivity contribution < 1.29 is 4.79 Å². The minimum atomic E-state index is -0.467. The van der Waals surface area contributed by atoms with E-state index >= 15 is 0 Å². The zero-order valence-electron chi connectivity index (χ0n) is 14.4. The Morgan fingerprint density at radius 3 is 2.62 bits per heavy atom. The molecule has 1 atom stereocenters. The van der Waals surface area contributed by atoms with E-state index in [9.17, 15) is 4.79 Å². The highest BCUT2D eigenvalue weighted by atomic mass is 32.2. The first kappa shape index (κ1) is 16.7. The third-order valence-corrected chi connectivity index (χ3v) is 5.48. The largest absolute Gasteiger partial charge is 0.326 e. The number of carbonyl (C=O) groups excluding carboxylic acids is 1. The van der Waals surface area contributed by atoms with Gasteiger partial charge in [0.1, 0.15) is 9.91 Å². The van der Waals surface area contributed by atoms with Crippen LogP contribution in [-0.2, 0) is 4.79 Å². The zero-order chi connectivity index (χ0) is 18.0. The molecule has 0 bridgehead atoms. The zero-order valence-corrected chi connectivity index (χ0v) is 15.2. The van der Waals surface area contributed by atoms with Crippen LogP contribution in [0.3, 0.4) is 0 Å². The number of para-hydroxylation sites is 1. The Bertz CT molecular complexity index is 981. The number of anilines is 1. The van der Waals surface area contributed by atoms with Gasteiger partial charge in [-0.05, 0) is 29.8 Å². The van der Waals surface area contributed by atoms with Crippen molar-refractivity contribution in [1.82, 2.24) is 5.43 Å². The first-order valence-electron chi connectivity index (χ1n) is 8.50. The number of carbonyl (C=O) groups is 1. The van der Waals surface area contributed by atoms with Gasteiger partial charge in [-0.25, -0.2) is 0 Å². The fourth-order valence-electron chi connectivity index (χ4n) is 3.06. The number of nitrogens with one attached hydrogen (secondary N) is 2. The van der Waals surface area contributed by atoms with Crippen LogP contribution in [0.1, 0.15) is 18.9 Å². The average Bonchev–Trinajstić information content (AvgIpc) is 3.03. The third-order valence-electron chi connectivity index (χ3n) is 4.29.